The van der Waals surface area contributed by atoms with Crippen LogP contribution in [0.15, 0.2) is 0 Å². The average Bonchev–Trinajstić information content (AvgIpc) is 1.68. The summed E-state index contributed by atoms with van der Waals surface area (Å²) in [4.78, 5) is 9.72. The quantitative estimate of drug-likeness (QED) is 0.531. The van der Waals surface area contributed by atoms with Crippen LogP contribution in [0.25, 0.3) is 0 Å². The molecule has 0 bridgehead atoms. The van der Waals surface area contributed by atoms with E-state index in [1.807, 2.05) is 35.9 Å². The van der Waals surface area contributed by atoms with Crippen LogP contribution in [0.3, 0.4) is 0 Å². The third-order valence-corrected chi connectivity index (χ3v) is 1.21. The molecular formula is C4H7INO. The smallest absolute Gasteiger partial charge is 0.213 e. The van der Waals surface area contributed by atoms with Crippen LogP contribution in [0.2, 0.25) is 0 Å². The van der Waals surface area contributed by atoms with E-state index in [2.05, 4.69) is 5.32 Å². The second-order valence-electron chi connectivity index (χ2n) is 1.14. The highest BCUT2D eigenvalue weighted by molar-refractivity contribution is 14.1. The van der Waals surface area contributed by atoms with E-state index in [0.717, 1.165) is 0 Å². The highest BCUT2D eigenvalue weighted by atomic mass is 127. The van der Waals surface area contributed by atoms with Crippen LogP contribution in [-0.4, -0.2) is 23.8 Å². The zero-order chi connectivity index (χ0) is 5.70. The van der Waals surface area contributed by atoms with E-state index >= 15 is 0 Å². The summed E-state index contributed by atoms with van der Waals surface area (Å²) in [5, 5.41) is 2.85. The predicted octanol–water partition coefficient (Wildman–Crippen LogP) is 0.119. The summed E-state index contributed by atoms with van der Waals surface area (Å²) in [5.74, 6) is 0. The minimum absolute atomic E-state index is 0.00241. The Morgan fingerprint density at radius 2 is 2.57 bits per heavy atom. The molecule has 2 nitrogen and oxygen atoms in total. The van der Waals surface area contributed by atoms with Crippen LogP contribution in [0, 0.1) is 0 Å². The monoisotopic (exact) mass is 212 g/mol. The fourth-order valence-corrected chi connectivity index (χ4v) is 0.661. The fraction of sp³-hybridized carbons (Fsp3) is 0.750. The van der Waals surface area contributed by atoms with E-state index < -0.39 is 0 Å². The van der Waals surface area contributed by atoms with Gasteiger partial charge < -0.3 is 5.32 Å². The Hall–Kier alpha value is 0.360. The van der Waals surface area contributed by atoms with Gasteiger partial charge in [-0.05, 0) is 7.05 Å². The summed E-state index contributed by atoms with van der Waals surface area (Å²) in [6.45, 7) is 0.712. The molecule has 1 N–H and O–H groups in total. The summed E-state index contributed by atoms with van der Waals surface area (Å²) in [6.07, 6.45) is 1.84. The topological polar surface area (TPSA) is 29.1 Å². The van der Waals surface area contributed by atoms with Crippen molar-refractivity contribution in [1.29, 1.82) is 0 Å². The maximum Gasteiger partial charge on any atom is 0.213 e. The van der Waals surface area contributed by atoms with Gasteiger partial charge >= 0.3 is 0 Å². The molecule has 41 valence electrons. The van der Waals surface area contributed by atoms with Gasteiger partial charge in [-0.2, -0.15) is 0 Å². The van der Waals surface area contributed by atoms with Gasteiger partial charge in [0.25, 0.3) is 0 Å². The molecule has 0 amide bonds. The molecule has 0 fully saturated rings. The molecule has 0 rings (SSSR count). The third-order valence-electron chi connectivity index (χ3n) is 0.511. The summed E-state index contributed by atoms with van der Waals surface area (Å²) < 4.78 is 0.00241. The molecule has 7 heavy (non-hydrogen) atoms. The molecule has 0 spiro atoms. The second kappa shape index (κ2) is 4.52. The minimum Gasteiger partial charge on any atom is -0.318 e. The molecule has 1 unspecified atom stereocenters. The Labute approximate surface area is 56.8 Å². The van der Waals surface area contributed by atoms with Gasteiger partial charge in [0.2, 0.25) is 6.29 Å². The maximum atomic E-state index is 9.72. The van der Waals surface area contributed by atoms with Crippen molar-refractivity contribution in [3.8, 4) is 0 Å². The molecule has 1 radical (unpaired) electrons. The second-order valence-corrected chi connectivity index (χ2v) is 2.65. The number of alkyl halides is 1. The molecular weight excluding hydrogens is 205 g/mol. The zero-order valence-corrected chi connectivity index (χ0v) is 6.23. The number of hydrogen-bond donors (Lipinski definition) is 1. The summed E-state index contributed by atoms with van der Waals surface area (Å²) in [5.41, 5.74) is 0. The number of halogens is 1. The number of nitrogens with one attached hydrogen (secondary N) is 1. The average molecular weight is 212 g/mol. The van der Waals surface area contributed by atoms with Crippen LogP contribution in [0.1, 0.15) is 0 Å². The van der Waals surface area contributed by atoms with Gasteiger partial charge in [0.05, 0.1) is 3.92 Å². The molecule has 0 saturated heterocycles. The SMILES string of the molecule is CNCC(I)[C]=O. The summed E-state index contributed by atoms with van der Waals surface area (Å²) >= 11 is 2.02. The summed E-state index contributed by atoms with van der Waals surface area (Å²) in [7, 11) is 1.81. The van der Waals surface area contributed by atoms with Crippen LogP contribution >= 0.6 is 22.6 Å². The minimum atomic E-state index is 0.00241. The first-order valence-electron chi connectivity index (χ1n) is 1.97. The Balaban J connectivity index is 2.98. The van der Waals surface area contributed by atoms with E-state index in [-0.39, 0.29) is 3.92 Å². The molecule has 0 aromatic carbocycles. The Morgan fingerprint density at radius 3 is 2.71 bits per heavy atom. The van der Waals surface area contributed by atoms with Crippen molar-refractivity contribution in [2.45, 2.75) is 3.92 Å². The lowest BCUT2D eigenvalue weighted by Gasteiger charge is -1.94. The van der Waals surface area contributed by atoms with Gasteiger partial charge in [-0.25, -0.2) is 0 Å². The lowest BCUT2D eigenvalue weighted by molar-refractivity contribution is 0.552. The van der Waals surface area contributed by atoms with Crippen molar-refractivity contribution in [3.05, 3.63) is 0 Å². The number of rotatable bonds is 3. The van der Waals surface area contributed by atoms with Crippen LogP contribution in [0.5, 0.6) is 0 Å². The van der Waals surface area contributed by atoms with E-state index in [1.165, 1.54) is 0 Å². The number of hydrogen-bond acceptors (Lipinski definition) is 2. The van der Waals surface area contributed by atoms with Crippen molar-refractivity contribution < 1.29 is 4.79 Å². The van der Waals surface area contributed by atoms with Gasteiger partial charge in [-0.3, -0.25) is 4.79 Å². The maximum absolute atomic E-state index is 9.72. The molecule has 0 heterocycles. The van der Waals surface area contributed by atoms with Gasteiger partial charge in [0.15, 0.2) is 0 Å². The zero-order valence-electron chi connectivity index (χ0n) is 4.07. The molecule has 1 atom stereocenters. The number of carbonyl (C=O) groups excluding carboxylic acids is 1. The predicted molar refractivity (Wildman–Crippen MR) is 37.4 cm³/mol. The van der Waals surface area contributed by atoms with Crippen molar-refractivity contribution in [1.82, 2.24) is 5.32 Å². The van der Waals surface area contributed by atoms with Crippen LogP contribution in [-0.2, 0) is 4.79 Å². The normalized spacial score (nSPS) is 13.4. The highest BCUT2D eigenvalue weighted by Gasteiger charge is 1.96. The first-order chi connectivity index (χ1) is 3.31. The molecule has 0 aliphatic carbocycles. The van der Waals surface area contributed by atoms with Crippen molar-refractivity contribution >= 4 is 28.9 Å². The molecule has 0 aromatic heterocycles. The third kappa shape index (κ3) is 4.21. The largest absolute Gasteiger partial charge is 0.318 e. The molecule has 0 aliphatic rings. The first-order valence-corrected chi connectivity index (χ1v) is 3.22. The molecule has 0 saturated carbocycles. The van der Waals surface area contributed by atoms with E-state index in [0.29, 0.717) is 6.54 Å². The Kier molecular flexibility index (Phi) is 4.75. The van der Waals surface area contributed by atoms with E-state index in [4.69, 9.17) is 0 Å². The van der Waals surface area contributed by atoms with E-state index in [9.17, 15) is 4.79 Å². The van der Waals surface area contributed by atoms with Gasteiger partial charge in [-0.1, -0.05) is 22.6 Å². The highest BCUT2D eigenvalue weighted by Crippen LogP contribution is 1.91. The van der Waals surface area contributed by atoms with Gasteiger partial charge in [-0.15, -0.1) is 0 Å². The van der Waals surface area contributed by atoms with Crippen molar-refractivity contribution in [2.24, 2.45) is 0 Å². The first kappa shape index (κ1) is 7.36. The van der Waals surface area contributed by atoms with E-state index in [1.54, 1.807) is 0 Å². The molecule has 0 aliphatic heterocycles. The summed E-state index contributed by atoms with van der Waals surface area (Å²) in [6, 6.07) is 0. The Bertz CT molecular complexity index is 57.7. The van der Waals surface area contributed by atoms with Gasteiger partial charge in [0, 0.05) is 6.54 Å². The van der Waals surface area contributed by atoms with Gasteiger partial charge in [0.1, 0.15) is 0 Å². The Morgan fingerprint density at radius 1 is 2.00 bits per heavy atom. The van der Waals surface area contributed by atoms with Crippen LogP contribution in [0.4, 0.5) is 0 Å². The lowest BCUT2D eigenvalue weighted by atomic mass is 10.5. The lowest BCUT2D eigenvalue weighted by Crippen LogP contribution is -2.18. The molecule has 3 heteroatoms. The van der Waals surface area contributed by atoms with Crippen LogP contribution < -0.4 is 5.32 Å². The molecule has 0 aromatic rings. The van der Waals surface area contributed by atoms with Crippen molar-refractivity contribution in [3.63, 3.8) is 0 Å². The fourth-order valence-electron chi connectivity index (χ4n) is 0.221. The standard InChI is InChI=1S/C4H7INO/c1-6-2-4(5)3-7/h4,6H,2H2,1H3. The van der Waals surface area contributed by atoms with Crippen molar-refractivity contribution in [2.75, 3.05) is 13.6 Å².